The van der Waals surface area contributed by atoms with Crippen molar-refractivity contribution in [3.8, 4) is 0 Å². The quantitative estimate of drug-likeness (QED) is 0.668. The highest BCUT2D eigenvalue weighted by atomic mass is 16.3. The van der Waals surface area contributed by atoms with Gasteiger partial charge in [0.05, 0.1) is 6.61 Å². The number of nitrogens with one attached hydrogen (secondary N) is 1. The smallest absolute Gasteiger partial charge is 0.0611 e. The first-order valence-corrected chi connectivity index (χ1v) is 6.42. The van der Waals surface area contributed by atoms with Crippen LogP contribution >= 0.6 is 0 Å². The van der Waals surface area contributed by atoms with Crippen LogP contribution in [-0.2, 0) is 0 Å². The first-order chi connectivity index (χ1) is 7.40. The Morgan fingerprint density at radius 3 is 2.25 bits per heavy atom. The van der Waals surface area contributed by atoms with Crippen LogP contribution in [0.4, 0.5) is 0 Å². The van der Waals surface area contributed by atoms with Crippen molar-refractivity contribution in [3.05, 3.63) is 0 Å². The van der Waals surface area contributed by atoms with Gasteiger partial charge in [-0.15, -0.1) is 0 Å². The minimum absolute atomic E-state index is 0.167. The molecule has 0 spiro atoms. The van der Waals surface area contributed by atoms with Crippen LogP contribution < -0.4 is 5.32 Å². The van der Waals surface area contributed by atoms with Crippen LogP contribution in [0.15, 0.2) is 0 Å². The lowest BCUT2D eigenvalue weighted by atomic mass is 9.93. The number of likely N-dealkylation sites (N-methyl/N-ethyl adjacent to an activating group) is 1. The summed E-state index contributed by atoms with van der Waals surface area (Å²) in [7, 11) is 4.09. The fourth-order valence-electron chi connectivity index (χ4n) is 2.10. The Bertz CT molecular complexity index is 181. The van der Waals surface area contributed by atoms with Gasteiger partial charge >= 0.3 is 0 Å². The number of nitrogens with zero attached hydrogens (tertiary/aromatic N) is 1. The minimum Gasteiger partial charge on any atom is -0.394 e. The van der Waals surface area contributed by atoms with Crippen molar-refractivity contribution in [2.45, 2.75) is 64.6 Å². The van der Waals surface area contributed by atoms with Gasteiger partial charge in [0, 0.05) is 17.6 Å². The third-order valence-electron chi connectivity index (χ3n) is 3.80. The molecule has 0 amide bonds. The Morgan fingerprint density at radius 1 is 1.31 bits per heavy atom. The first-order valence-electron chi connectivity index (χ1n) is 6.42. The molecule has 0 aliphatic carbocycles. The van der Waals surface area contributed by atoms with Crippen LogP contribution in [0, 0.1) is 0 Å². The third-order valence-corrected chi connectivity index (χ3v) is 3.80. The third kappa shape index (κ3) is 4.81. The summed E-state index contributed by atoms with van der Waals surface area (Å²) in [5.74, 6) is 0. The van der Waals surface area contributed by atoms with Gasteiger partial charge in [0.2, 0.25) is 0 Å². The van der Waals surface area contributed by atoms with Crippen LogP contribution in [0.2, 0.25) is 0 Å². The van der Waals surface area contributed by atoms with E-state index in [0.717, 1.165) is 6.42 Å². The Labute approximate surface area is 101 Å². The Morgan fingerprint density at radius 2 is 1.88 bits per heavy atom. The largest absolute Gasteiger partial charge is 0.394 e. The fourth-order valence-corrected chi connectivity index (χ4v) is 2.10. The average molecular weight is 230 g/mol. The van der Waals surface area contributed by atoms with Gasteiger partial charge in [0.1, 0.15) is 0 Å². The molecule has 0 aromatic rings. The van der Waals surface area contributed by atoms with E-state index in [1.807, 2.05) is 7.05 Å². The summed E-state index contributed by atoms with van der Waals surface area (Å²) >= 11 is 0. The van der Waals surface area contributed by atoms with Gasteiger partial charge in [-0.25, -0.2) is 0 Å². The van der Waals surface area contributed by atoms with E-state index in [-0.39, 0.29) is 12.1 Å². The predicted molar refractivity (Wildman–Crippen MR) is 70.8 cm³/mol. The second kappa shape index (κ2) is 7.25. The van der Waals surface area contributed by atoms with Crippen LogP contribution in [0.1, 0.15) is 47.0 Å². The maximum atomic E-state index is 9.38. The molecule has 0 aliphatic heterocycles. The molecule has 0 saturated heterocycles. The number of hydrogen-bond acceptors (Lipinski definition) is 3. The highest BCUT2D eigenvalue weighted by Gasteiger charge is 2.26. The maximum absolute atomic E-state index is 9.38. The summed E-state index contributed by atoms with van der Waals surface area (Å²) in [5, 5.41) is 12.6. The molecule has 16 heavy (non-hydrogen) atoms. The molecule has 98 valence electrons. The second-order valence-electron chi connectivity index (χ2n) is 5.33. The maximum Gasteiger partial charge on any atom is 0.0611 e. The van der Waals surface area contributed by atoms with Crippen molar-refractivity contribution in [3.63, 3.8) is 0 Å². The molecular weight excluding hydrogens is 200 g/mol. The molecule has 2 N–H and O–H groups in total. The van der Waals surface area contributed by atoms with E-state index in [9.17, 15) is 5.11 Å². The summed E-state index contributed by atoms with van der Waals surface area (Å²) in [5.41, 5.74) is -0.167. The molecule has 0 aromatic carbocycles. The molecule has 0 fully saturated rings. The van der Waals surface area contributed by atoms with Crippen LogP contribution in [0.25, 0.3) is 0 Å². The SMILES string of the molecule is CCCC(C)N(C)C(C)CC(C)(CO)NC. The van der Waals surface area contributed by atoms with Gasteiger partial charge in [-0.1, -0.05) is 13.3 Å². The lowest BCUT2D eigenvalue weighted by Gasteiger charge is -2.37. The first kappa shape index (κ1) is 15.9. The van der Waals surface area contributed by atoms with Crippen LogP contribution in [0.3, 0.4) is 0 Å². The summed E-state index contributed by atoms with van der Waals surface area (Å²) in [6, 6.07) is 1.09. The van der Waals surface area contributed by atoms with Crippen LogP contribution in [-0.4, -0.2) is 48.3 Å². The van der Waals surface area contributed by atoms with E-state index in [4.69, 9.17) is 0 Å². The summed E-state index contributed by atoms with van der Waals surface area (Å²) in [4.78, 5) is 2.41. The standard InChI is InChI=1S/C13H30N2O/c1-7-8-11(2)15(6)12(3)9-13(4,10-16)14-5/h11-12,14,16H,7-10H2,1-6H3. The highest BCUT2D eigenvalue weighted by Crippen LogP contribution is 2.17. The topological polar surface area (TPSA) is 35.5 Å². The normalized spacial score (nSPS) is 19.5. The number of hydrogen-bond donors (Lipinski definition) is 2. The molecule has 3 atom stereocenters. The molecule has 0 aromatic heterocycles. The summed E-state index contributed by atoms with van der Waals surface area (Å²) < 4.78 is 0. The zero-order chi connectivity index (χ0) is 12.8. The van der Waals surface area contributed by atoms with E-state index >= 15 is 0 Å². The summed E-state index contributed by atoms with van der Waals surface area (Å²) in [6.45, 7) is 8.99. The predicted octanol–water partition coefficient (Wildman–Crippen LogP) is 1.86. The van der Waals surface area contributed by atoms with Gasteiger partial charge in [0.15, 0.2) is 0 Å². The molecule has 3 unspecified atom stereocenters. The van der Waals surface area contributed by atoms with Crippen molar-refractivity contribution in [2.75, 3.05) is 20.7 Å². The van der Waals surface area contributed by atoms with Crippen molar-refractivity contribution in [1.29, 1.82) is 0 Å². The van der Waals surface area contributed by atoms with E-state index in [0.29, 0.717) is 12.1 Å². The minimum atomic E-state index is -0.167. The molecule has 3 heteroatoms. The Balaban J connectivity index is 4.27. The lowest BCUT2D eigenvalue weighted by molar-refractivity contribution is 0.112. The van der Waals surface area contributed by atoms with Gasteiger partial charge in [-0.05, 0) is 47.7 Å². The molecule has 0 heterocycles. The summed E-state index contributed by atoms with van der Waals surface area (Å²) in [6.07, 6.45) is 3.42. The highest BCUT2D eigenvalue weighted by molar-refractivity contribution is 4.86. The zero-order valence-electron chi connectivity index (χ0n) is 11.9. The molecule has 0 rings (SSSR count). The average Bonchev–Trinajstić information content (AvgIpc) is 2.28. The van der Waals surface area contributed by atoms with Gasteiger partial charge < -0.3 is 15.3 Å². The number of rotatable bonds is 8. The molecule has 0 bridgehead atoms. The molecule has 0 aliphatic rings. The zero-order valence-corrected chi connectivity index (χ0v) is 11.9. The number of aliphatic hydroxyl groups excluding tert-OH is 1. The van der Waals surface area contributed by atoms with Gasteiger partial charge in [0.25, 0.3) is 0 Å². The Hall–Kier alpha value is -0.120. The van der Waals surface area contributed by atoms with Gasteiger partial charge in [-0.2, -0.15) is 0 Å². The van der Waals surface area contributed by atoms with Crippen molar-refractivity contribution >= 4 is 0 Å². The second-order valence-corrected chi connectivity index (χ2v) is 5.33. The molecule has 0 saturated carbocycles. The van der Waals surface area contributed by atoms with E-state index < -0.39 is 0 Å². The van der Waals surface area contributed by atoms with Gasteiger partial charge in [-0.3, -0.25) is 0 Å². The monoisotopic (exact) mass is 230 g/mol. The fraction of sp³-hybridized carbons (Fsp3) is 1.00. The van der Waals surface area contributed by atoms with E-state index in [2.05, 4.69) is 45.0 Å². The number of aliphatic hydroxyl groups is 1. The van der Waals surface area contributed by atoms with Crippen molar-refractivity contribution < 1.29 is 5.11 Å². The molecular formula is C13H30N2O. The van der Waals surface area contributed by atoms with Crippen molar-refractivity contribution in [2.24, 2.45) is 0 Å². The van der Waals surface area contributed by atoms with E-state index in [1.165, 1.54) is 12.8 Å². The van der Waals surface area contributed by atoms with E-state index in [1.54, 1.807) is 0 Å². The molecule has 3 nitrogen and oxygen atoms in total. The van der Waals surface area contributed by atoms with Crippen molar-refractivity contribution in [1.82, 2.24) is 10.2 Å². The molecule has 0 radical (unpaired) electrons. The lowest BCUT2D eigenvalue weighted by Crippen LogP contribution is -2.49. The Kier molecular flexibility index (Phi) is 7.20. The van der Waals surface area contributed by atoms with Crippen LogP contribution in [0.5, 0.6) is 0 Å².